The van der Waals surface area contributed by atoms with Gasteiger partial charge in [0.2, 0.25) is 0 Å². The van der Waals surface area contributed by atoms with Crippen molar-refractivity contribution in [1.82, 2.24) is 9.80 Å². The van der Waals surface area contributed by atoms with Gasteiger partial charge in [-0.1, -0.05) is 24.3 Å². The lowest BCUT2D eigenvalue weighted by molar-refractivity contribution is 0.0501. The number of carbonyl (C=O) groups excluding carboxylic acids is 2. The molecule has 4 nitrogen and oxygen atoms in total. The summed E-state index contributed by atoms with van der Waals surface area (Å²) in [6, 6.07) is 13.3. The maximum atomic E-state index is 12.9. The Kier molecular flexibility index (Phi) is 4.56. The van der Waals surface area contributed by atoms with Crippen molar-refractivity contribution in [3.05, 3.63) is 58.3 Å². The van der Waals surface area contributed by atoms with Crippen molar-refractivity contribution in [3.8, 4) is 0 Å². The monoisotopic (exact) mass is 372 g/mol. The highest BCUT2D eigenvalue weighted by molar-refractivity contribution is 8.00. The first-order valence-electron chi connectivity index (χ1n) is 8.53. The molecule has 0 N–H and O–H groups in total. The van der Waals surface area contributed by atoms with Crippen LogP contribution in [0.3, 0.4) is 0 Å². The first-order valence-corrected chi connectivity index (χ1v) is 10.4. The van der Waals surface area contributed by atoms with Gasteiger partial charge in [-0.15, -0.1) is 23.1 Å². The number of benzene rings is 1. The molecule has 2 aliphatic heterocycles. The molecule has 2 aliphatic rings. The predicted molar refractivity (Wildman–Crippen MR) is 102 cm³/mol. The molecule has 2 amide bonds. The van der Waals surface area contributed by atoms with E-state index < -0.39 is 0 Å². The van der Waals surface area contributed by atoms with E-state index in [1.54, 1.807) is 0 Å². The number of carbonyl (C=O) groups is 2. The summed E-state index contributed by atoms with van der Waals surface area (Å²) in [4.78, 5) is 30.1. The molecule has 130 valence electrons. The molecule has 6 heteroatoms. The highest BCUT2D eigenvalue weighted by Crippen LogP contribution is 2.44. The van der Waals surface area contributed by atoms with Crippen LogP contribution in [0.1, 0.15) is 32.9 Å². The number of hydrogen-bond acceptors (Lipinski definition) is 4. The molecule has 0 aliphatic carbocycles. The standard InChI is InChI=1S/C19H20N2O2S2/c22-17(15-5-2-1-3-6-15)20-10-8-19(9-11-20)21(12-14-25-19)18(23)16-7-4-13-24-16/h1-7,13H,8-12,14H2. The van der Waals surface area contributed by atoms with Gasteiger partial charge >= 0.3 is 0 Å². The molecule has 25 heavy (non-hydrogen) atoms. The lowest BCUT2D eigenvalue weighted by Gasteiger charge is -2.44. The van der Waals surface area contributed by atoms with E-state index in [0.717, 1.165) is 35.6 Å². The smallest absolute Gasteiger partial charge is 0.265 e. The van der Waals surface area contributed by atoms with Gasteiger partial charge in [-0.25, -0.2) is 0 Å². The van der Waals surface area contributed by atoms with Gasteiger partial charge in [0.05, 0.1) is 9.75 Å². The summed E-state index contributed by atoms with van der Waals surface area (Å²) in [6.07, 6.45) is 1.68. The summed E-state index contributed by atoms with van der Waals surface area (Å²) in [7, 11) is 0. The Labute approximate surface area is 155 Å². The van der Waals surface area contributed by atoms with Gasteiger partial charge in [0, 0.05) is 31.0 Å². The van der Waals surface area contributed by atoms with E-state index in [1.165, 1.54) is 11.3 Å². The second-order valence-electron chi connectivity index (χ2n) is 6.39. The second-order valence-corrected chi connectivity index (χ2v) is 8.79. The summed E-state index contributed by atoms with van der Waals surface area (Å²) >= 11 is 3.38. The SMILES string of the molecule is O=C(c1ccccc1)N1CCC2(CC1)SCCN2C(=O)c1cccs1. The first kappa shape index (κ1) is 16.7. The van der Waals surface area contributed by atoms with Crippen LogP contribution >= 0.6 is 23.1 Å². The maximum absolute atomic E-state index is 12.9. The van der Waals surface area contributed by atoms with Crippen molar-refractivity contribution in [2.75, 3.05) is 25.4 Å². The molecule has 0 unspecified atom stereocenters. The lowest BCUT2D eigenvalue weighted by Crippen LogP contribution is -2.53. The Bertz CT molecular complexity index is 753. The molecule has 4 rings (SSSR count). The van der Waals surface area contributed by atoms with Crippen LogP contribution in [-0.2, 0) is 0 Å². The average molecular weight is 373 g/mol. The number of rotatable bonds is 2. The first-order chi connectivity index (χ1) is 12.2. The summed E-state index contributed by atoms with van der Waals surface area (Å²) in [6.45, 7) is 2.21. The normalized spacial score (nSPS) is 19.4. The van der Waals surface area contributed by atoms with E-state index in [0.29, 0.717) is 13.1 Å². The molecule has 1 aromatic carbocycles. The van der Waals surface area contributed by atoms with Gasteiger partial charge in [-0.3, -0.25) is 9.59 Å². The third-order valence-electron chi connectivity index (χ3n) is 5.01. The Morgan fingerprint density at radius 1 is 0.920 bits per heavy atom. The van der Waals surface area contributed by atoms with Crippen LogP contribution in [0, 0.1) is 0 Å². The van der Waals surface area contributed by atoms with Crippen molar-refractivity contribution < 1.29 is 9.59 Å². The number of likely N-dealkylation sites (tertiary alicyclic amines) is 1. The molecule has 2 fully saturated rings. The molecular formula is C19H20N2O2S2. The van der Waals surface area contributed by atoms with Crippen LogP contribution < -0.4 is 0 Å². The lowest BCUT2D eigenvalue weighted by atomic mass is 10.0. The highest BCUT2D eigenvalue weighted by Gasteiger charge is 2.47. The fraction of sp³-hybridized carbons (Fsp3) is 0.368. The van der Waals surface area contributed by atoms with E-state index in [9.17, 15) is 9.59 Å². The van der Waals surface area contributed by atoms with Gasteiger partial charge in [0.1, 0.15) is 0 Å². The van der Waals surface area contributed by atoms with E-state index in [1.807, 2.05) is 69.4 Å². The third kappa shape index (κ3) is 3.09. The van der Waals surface area contributed by atoms with Gasteiger partial charge < -0.3 is 9.80 Å². The van der Waals surface area contributed by atoms with Gasteiger partial charge in [0.25, 0.3) is 11.8 Å². The number of thioether (sulfide) groups is 1. The Morgan fingerprint density at radius 2 is 1.68 bits per heavy atom. The molecule has 3 heterocycles. The third-order valence-corrected chi connectivity index (χ3v) is 7.42. The van der Waals surface area contributed by atoms with Crippen LogP contribution in [0.15, 0.2) is 47.8 Å². The zero-order valence-electron chi connectivity index (χ0n) is 13.9. The minimum Gasteiger partial charge on any atom is -0.338 e. The average Bonchev–Trinajstić information content (AvgIpc) is 3.33. The van der Waals surface area contributed by atoms with E-state index in [-0.39, 0.29) is 16.7 Å². The number of nitrogens with zero attached hydrogens (tertiary/aromatic N) is 2. The highest BCUT2D eigenvalue weighted by atomic mass is 32.2. The van der Waals surface area contributed by atoms with Crippen LogP contribution in [0.4, 0.5) is 0 Å². The van der Waals surface area contributed by atoms with Crippen LogP contribution in [0.25, 0.3) is 0 Å². The van der Waals surface area contributed by atoms with Crippen molar-refractivity contribution in [1.29, 1.82) is 0 Å². The minimum atomic E-state index is -0.144. The number of thiophene rings is 1. The van der Waals surface area contributed by atoms with Crippen LogP contribution in [0.2, 0.25) is 0 Å². The molecule has 0 bridgehead atoms. The van der Waals surface area contributed by atoms with Crippen molar-refractivity contribution in [2.45, 2.75) is 17.7 Å². The van der Waals surface area contributed by atoms with Gasteiger partial charge in [0.15, 0.2) is 0 Å². The van der Waals surface area contributed by atoms with Crippen LogP contribution in [-0.4, -0.2) is 51.9 Å². The number of piperidine rings is 1. The molecule has 0 radical (unpaired) electrons. The summed E-state index contributed by atoms with van der Waals surface area (Å²) in [5.74, 6) is 1.21. The predicted octanol–water partition coefficient (Wildman–Crippen LogP) is 3.57. The molecule has 2 saturated heterocycles. The number of amides is 2. The Balaban J connectivity index is 1.46. The van der Waals surface area contributed by atoms with Gasteiger partial charge in [-0.05, 0) is 36.4 Å². The molecule has 0 atom stereocenters. The molecule has 1 spiro atoms. The van der Waals surface area contributed by atoms with Crippen molar-refractivity contribution in [2.24, 2.45) is 0 Å². The van der Waals surface area contributed by atoms with Crippen molar-refractivity contribution in [3.63, 3.8) is 0 Å². The van der Waals surface area contributed by atoms with Gasteiger partial charge in [-0.2, -0.15) is 0 Å². The quantitative estimate of drug-likeness (QED) is 0.809. The summed E-state index contributed by atoms with van der Waals surface area (Å²) < 4.78 is 0. The molecule has 1 aromatic heterocycles. The maximum Gasteiger partial charge on any atom is 0.265 e. The molecule has 0 saturated carbocycles. The fourth-order valence-corrected chi connectivity index (χ4v) is 5.79. The largest absolute Gasteiger partial charge is 0.338 e. The second kappa shape index (κ2) is 6.84. The van der Waals surface area contributed by atoms with Crippen LogP contribution in [0.5, 0.6) is 0 Å². The van der Waals surface area contributed by atoms with E-state index >= 15 is 0 Å². The minimum absolute atomic E-state index is 0.0922. The zero-order valence-corrected chi connectivity index (χ0v) is 15.5. The Morgan fingerprint density at radius 3 is 2.36 bits per heavy atom. The Hall–Kier alpha value is -1.79. The fourth-order valence-electron chi connectivity index (χ4n) is 3.67. The van der Waals surface area contributed by atoms with E-state index in [2.05, 4.69) is 0 Å². The zero-order chi connectivity index (χ0) is 17.3. The molecular weight excluding hydrogens is 352 g/mol. The van der Waals surface area contributed by atoms with Crippen molar-refractivity contribution >= 4 is 34.9 Å². The van der Waals surface area contributed by atoms with E-state index in [4.69, 9.17) is 0 Å². The number of hydrogen-bond donors (Lipinski definition) is 0. The molecule has 2 aromatic rings. The summed E-state index contributed by atoms with van der Waals surface area (Å²) in [5, 5.41) is 1.95. The summed E-state index contributed by atoms with van der Waals surface area (Å²) in [5.41, 5.74) is 0.740. The topological polar surface area (TPSA) is 40.6 Å².